The summed E-state index contributed by atoms with van der Waals surface area (Å²) >= 11 is 11.2. The minimum absolute atomic E-state index is 0.00144. The first-order valence-electron chi connectivity index (χ1n) is 13.1. The highest BCUT2D eigenvalue weighted by molar-refractivity contribution is 6.37. The minimum Gasteiger partial charge on any atom is -0.462 e. The number of para-hydroxylation sites is 2. The van der Waals surface area contributed by atoms with Crippen molar-refractivity contribution in [2.45, 2.75) is 13.8 Å². The number of nitrogens with one attached hydrogen (secondary N) is 4. The molecule has 0 aliphatic carbocycles. The second-order valence-corrected chi connectivity index (χ2v) is 9.47. The van der Waals surface area contributed by atoms with Crippen molar-refractivity contribution in [2.75, 3.05) is 23.8 Å². The lowest BCUT2D eigenvalue weighted by molar-refractivity contribution is 0.0516. The van der Waals surface area contributed by atoms with Gasteiger partial charge in [-0.3, -0.25) is 10.2 Å². The van der Waals surface area contributed by atoms with Gasteiger partial charge in [0.2, 0.25) is 5.95 Å². The van der Waals surface area contributed by atoms with Crippen molar-refractivity contribution in [3.05, 3.63) is 82.7 Å². The Morgan fingerprint density at radius 2 is 1.34 bits per heavy atom. The van der Waals surface area contributed by atoms with Crippen molar-refractivity contribution in [3.8, 4) is 0 Å². The fraction of sp³-hybridized carbons (Fsp3) is 0.143. The molecule has 44 heavy (non-hydrogen) atoms. The first-order valence-corrected chi connectivity index (χ1v) is 13.9. The first-order chi connectivity index (χ1) is 21.4. The molecule has 0 atom stereocenters. The number of aromatic amines is 2. The number of benzene rings is 2. The number of ether oxygens (including phenoxy) is 2. The molecule has 0 fully saturated rings. The second-order valence-electron chi connectivity index (χ2n) is 8.76. The van der Waals surface area contributed by atoms with Crippen LogP contribution in [0.2, 0.25) is 10.3 Å². The molecular formula is C28H24Cl2N10O4. The van der Waals surface area contributed by atoms with Gasteiger partial charge in [-0.1, -0.05) is 47.5 Å². The average Bonchev–Trinajstić information content (AvgIpc) is 3.69. The van der Waals surface area contributed by atoms with Crippen molar-refractivity contribution < 1.29 is 19.1 Å². The molecule has 0 bridgehead atoms. The highest BCUT2D eigenvalue weighted by atomic mass is 35.5. The van der Waals surface area contributed by atoms with Crippen molar-refractivity contribution >= 4 is 80.1 Å². The molecule has 0 spiro atoms. The minimum atomic E-state index is -0.613. The number of carbonyl (C=O) groups is 2. The molecule has 14 nitrogen and oxygen atoms in total. The highest BCUT2D eigenvalue weighted by Gasteiger charge is 2.19. The van der Waals surface area contributed by atoms with Crippen molar-refractivity contribution in [3.63, 3.8) is 0 Å². The van der Waals surface area contributed by atoms with Gasteiger partial charge in [0.15, 0.2) is 5.82 Å². The van der Waals surface area contributed by atoms with E-state index < -0.39 is 11.9 Å². The average molecular weight is 635 g/mol. The molecule has 0 aliphatic heterocycles. The maximum Gasteiger partial charge on any atom is 0.344 e. The molecule has 0 radical (unpaired) electrons. The van der Waals surface area contributed by atoms with E-state index in [1.54, 1.807) is 26.2 Å². The number of H-pyrrole nitrogens is 2. The maximum absolute atomic E-state index is 12.5. The molecule has 0 aliphatic rings. The summed E-state index contributed by atoms with van der Waals surface area (Å²) in [6.07, 6.45) is 6.08. The Bertz CT molecular complexity index is 1920. The van der Waals surface area contributed by atoms with Gasteiger partial charge in [0.05, 0.1) is 48.0 Å². The molecule has 4 N–H and O–H groups in total. The van der Waals surface area contributed by atoms with Gasteiger partial charge < -0.3 is 20.1 Å². The SMILES string of the molecule is CCOC(=O)c1c(Cl)ncnc1Cl.CCOC(=O)c1cnc(Nc2cccc3cn[nH]c23)nc1Nc1cccc2cn[nH]c12. The van der Waals surface area contributed by atoms with E-state index in [-0.39, 0.29) is 34.6 Å². The van der Waals surface area contributed by atoms with Gasteiger partial charge in [-0.2, -0.15) is 15.2 Å². The van der Waals surface area contributed by atoms with E-state index in [1.807, 2.05) is 36.4 Å². The summed E-state index contributed by atoms with van der Waals surface area (Å²) in [4.78, 5) is 39.8. The van der Waals surface area contributed by atoms with Crippen LogP contribution in [0.5, 0.6) is 0 Å². The summed E-state index contributed by atoms with van der Waals surface area (Å²) < 4.78 is 9.87. The lowest BCUT2D eigenvalue weighted by atomic mass is 10.2. The van der Waals surface area contributed by atoms with Crippen molar-refractivity contribution in [1.29, 1.82) is 0 Å². The van der Waals surface area contributed by atoms with Crippen LogP contribution in [0.25, 0.3) is 21.8 Å². The quantitative estimate of drug-likeness (QED) is 0.116. The second kappa shape index (κ2) is 13.8. The smallest absolute Gasteiger partial charge is 0.344 e. The zero-order valence-electron chi connectivity index (χ0n) is 23.3. The van der Waals surface area contributed by atoms with E-state index in [2.05, 4.69) is 51.0 Å². The van der Waals surface area contributed by atoms with Gasteiger partial charge in [-0.25, -0.2) is 24.5 Å². The van der Waals surface area contributed by atoms with E-state index in [9.17, 15) is 9.59 Å². The van der Waals surface area contributed by atoms with Gasteiger partial charge in [0.1, 0.15) is 27.8 Å². The van der Waals surface area contributed by atoms with Gasteiger partial charge >= 0.3 is 11.9 Å². The molecule has 2 aromatic carbocycles. The van der Waals surface area contributed by atoms with Crippen LogP contribution >= 0.6 is 23.2 Å². The van der Waals surface area contributed by atoms with Crippen LogP contribution in [0.15, 0.2) is 61.3 Å². The maximum atomic E-state index is 12.5. The third-order valence-corrected chi connectivity index (χ3v) is 6.54. The fourth-order valence-corrected chi connectivity index (χ4v) is 4.47. The number of hydrogen-bond donors (Lipinski definition) is 4. The number of anilines is 4. The summed E-state index contributed by atoms with van der Waals surface area (Å²) in [7, 11) is 0. The van der Waals surface area contributed by atoms with E-state index in [0.717, 1.165) is 33.2 Å². The van der Waals surface area contributed by atoms with E-state index >= 15 is 0 Å². The van der Waals surface area contributed by atoms with Crippen LogP contribution in [-0.2, 0) is 9.47 Å². The number of nitrogens with zero attached hydrogens (tertiary/aromatic N) is 6. The Morgan fingerprint density at radius 1 is 0.773 bits per heavy atom. The van der Waals surface area contributed by atoms with Crippen LogP contribution < -0.4 is 10.6 Å². The molecule has 16 heteroatoms. The van der Waals surface area contributed by atoms with Crippen LogP contribution in [0, 0.1) is 0 Å². The third-order valence-electron chi connectivity index (χ3n) is 5.97. The Kier molecular flexibility index (Phi) is 9.42. The third kappa shape index (κ3) is 6.66. The highest BCUT2D eigenvalue weighted by Crippen LogP contribution is 2.28. The van der Waals surface area contributed by atoms with Crippen molar-refractivity contribution in [2.24, 2.45) is 0 Å². The van der Waals surface area contributed by atoms with E-state index in [4.69, 9.17) is 32.7 Å². The topological polar surface area (TPSA) is 186 Å². The normalized spacial score (nSPS) is 10.6. The molecular weight excluding hydrogens is 611 g/mol. The Morgan fingerprint density at radius 3 is 1.93 bits per heavy atom. The van der Waals surface area contributed by atoms with Crippen molar-refractivity contribution in [1.82, 2.24) is 40.3 Å². The monoisotopic (exact) mass is 634 g/mol. The van der Waals surface area contributed by atoms with Gasteiger partial charge in [0, 0.05) is 17.0 Å². The Hall–Kier alpha value is -5.34. The molecule has 4 heterocycles. The van der Waals surface area contributed by atoms with Crippen LogP contribution in [0.4, 0.5) is 23.1 Å². The molecule has 224 valence electrons. The largest absolute Gasteiger partial charge is 0.462 e. The molecule has 0 unspecified atom stereocenters. The standard InChI is InChI=1S/C21H18N8O2.C7H6Cl2N2O2/c1-2-31-20(30)14-11-22-21(26-16-8-4-6-13-10-24-29-18(13)16)27-19(14)25-15-7-3-5-12-9-23-28-17(12)15;1-2-13-7(12)4-5(8)10-3-11-6(4)9/h3-11H,2H2,1H3,(H,23,28)(H,24,29)(H2,22,25,26,27);3H,2H2,1H3. The number of rotatable bonds is 8. The number of carbonyl (C=O) groups excluding carboxylic acids is 2. The number of aromatic nitrogens is 8. The number of esters is 2. The van der Waals surface area contributed by atoms with Gasteiger partial charge in [0.25, 0.3) is 0 Å². The van der Waals surface area contributed by atoms with Gasteiger partial charge in [-0.15, -0.1) is 0 Å². The molecule has 6 rings (SSSR count). The molecule has 6 aromatic rings. The summed E-state index contributed by atoms with van der Waals surface area (Å²) in [5, 5.41) is 22.3. The first kappa shape index (κ1) is 30.1. The lowest BCUT2D eigenvalue weighted by Crippen LogP contribution is -2.12. The molecule has 0 amide bonds. The lowest BCUT2D eigenvalue weighted by Gasteiger charge is -2.13. The number of halogens is 2. The Labute approximate surface area is 259 Å². The summed E-state index contributed by atoms with van der Waals surface area (Å²) in [5.41, 5.74) is 3.35. The van der Waals surface area contributed by atoms with Gasteiger partial charge in [-0.05, 0) is 26.0 Å². The summed E-state index contributed by atoms with van der Waals surface area (Å²) in [6.45, 7) is 3.93. The summed E-state index contributed by atoms with van der Waals surface area (Å²) in [5.74, 6) is -0.494. The van der Waals surface area contributed by atoms with Crippen LogP contribution in [0.3, 0.4) is 0 Å². The predicted octanol–water partition coefficient (Wildman–Crippen LogP) is 5.85. The number of hydrogen-bond acceptors (Lipinski definition) is 12. The molecule has 0 saturated carbocycles. The van der Waals surface area contributed by atoms with Crippen LogP contribution in [-0.4, -0.2) is 65.5 Å². The number of fused-ring (bicyclic) bond motifs is 2. The zero-order chi connectivity index (χ0) is 31.1. The van der Waals surface area contributed by atoms with Crippen LogP contribution in [0.1, 0.15) is 34.6 Å². The van der Waals surface area contributed by atoms with E-state index in [0.29, 0.717) is 11.8 Å². The Balaban J connectivity index is 0.000000249. The molecule has 4 aromatic heterocycles. The van der Waals surface area contributed by atoms with E-state index in [1.165, 1.54) is 12.5 Å². The molecule has 0 saturated heterocycles. The zero-order valence-corrected chi connectivity index (χ0v) is 24.8. The summed E-state index contributed by atoms with van der Waals surface area (Å²) in [6, 6.07) is 11.5. The predicted molar refractivity (Wildman–Crippen MR) is 165 cm³/mol. The fourth-order valence-electron chi connectivity index (χ4n) is 4.01.